The van der Waals surface area contributed by atoms with Gasteiger partial charge in [-0.2, -0.15) is 0 Å². The first-order valence-corrected chi connectivity index (χ1v) is 9.84. The molecule has 0 heterocycles. The predicted molar refractivity (Wildman–Crippen MR) is 102 cm³/mol. The molecule has 1 rings (SSSR count). The third-order valence-electron chi connectivity index (χ3n) is 4.96. The first-order chi connectivity index (χ1) is 12.5. The first kappa shape index (κ1) is 22.7. The zero-order chi connectivity index (χ0) is 19.4. The average Bonchev–Trinajstić information content (AvgIpc) is 2.89. The number of ketones is 2. The van der Waals surface area contributed by atoms with Crippen molar-refractivity contribution in [3.8, 4) is 0 Å². The highest BCUT2D eigenvalue weighted by molar-refractivity contribution is 5.86. The molecule has 1 aliphatic rings. The number of hydrogen-bond acceptors (Lipinski definition) is 5. The van der Waals surface area contributed by atoms with Crippen molar-refractivity contribution in [3.05, 3.63) is 24.3 Å². The van der Waals surface area contributed by atoms with E-state index < -0.39 is 18.8 Å². The lowest BCUT2D eigenvalue weighted by molar-refractivity contribution is -0.122. The number of carbonyl (C=O) groups excluding carboxylic acids is 2. The van der Waals surface area contributed by atoms with Crippen molar-refractivity contribution in [2.24, 2.45) is 11.8 Å². The molecule has 0 saturated heterocycles. The molecule has 0 amide bonds. The first-order valence-electron chi connectivity index (χ1n) is 9.84. The van der Waals surface area contributed by atoms with Crippen LogP contribution < -0.4 is 0 Å². The highest BCUT2D eigenvalue weighted by Crippen LogP contribution is 2.33. The maximum atomic E-state index is 12.1. The molecule has 0 aromatic heterocycles. The van der Waals surface area contributed by atoms with Crippen LogP contribution in [0.3, 0.4) is 0 Å². The summed E-state index contributed by atoms with van der Waals surface area (Å²) in [5, 5.41) is 28.8. The van der Waals surface area contributed by atoms with Crippen LogP contribution in [0.5, 0.6) is 0 Å². The van der Waals surface area contributed by atoms with Crippen molar-refractivity contribution < 1.29 is 24.9 Å². The minimum Gasteiger partial charge on any atom is -0.392 e. The van der Waals surface area contributed by atoms with E-state index in [1.165, 1.54) is 0 Å². The van der Waals surface area contributed by atoms with Gasteiger partial charge >= 0.3 is 0 Å². The van der Waals surface area contributed by atoms with Crippen LogP contribution in [-0.2, 0) is 9.59 Å². The second-order valence-electron chi connectivity index (χ2n) is 7.17. The number of Topliss-reactive ketones (excluding diaryl/α,β-unsaturated/α-hetero) is 2. The third kappa shape index (κ3) is 8.39. The summed E-state index contributed by atoms with van der Waals surface area (Å²) >= 11 is 0. The van der Waals surface area contributed by atoms with Crippen LogP contribution >= 0.6 is 0 Å². The smallest absolute Gasteiger partial charge is 0.158 e. The van der Waals surface area contributed by atoms with Gasteiger partial charge in [-0.25, -0.2) is 0 Å². The molecular formula is C21H34O5. The summed E-state index contributed by atoms with van der Waals surface area (Å²) in [6.45, 7) is 1.71. The van der Waals surface area contributed by atoms with E-state index in [9.17, 15) is 19.8 Å². The molecule has 0 spiro atoms. The largest absolute Gasteiger partial charge is 0.392 e. The molecule has 0 aliphatic heterocycles. The zero-order valence-electron chi connectivity index (χ0n) is 15.8. The normalized spacial score (nSPS) is 24.8. The summed E-state index contributed by atoms with van der Waals surface area (Å²) in [6, 6.07) is 0. The minimum absolute atomic E-state index is 0.0291. The van der Waals surface area contributed by atoms with E-state index in [2.05, 4.69) is 6.92 Å². The molecule has 1 aliphatic carbocycles. The van der Waals surface area contributed by atoms with E-state index in [1.54, 1.807) is 12.2 Å². The van der Waals surface area contributed by atoms with Crippen molar-refractivity contribution >= 4 is 11.6 Å². The molecular weight excluding hydrogens is 332 g/mol. The van der Waals surface area contributed by atoms with Gasteiger partial charge in [-0.05, 0) is 25.7 Å². The quantitative estimate of drug-likeness (QED) is 0.344. The Morgan fingerprint density at radius 1 is 1.27 bits per heavy atom. The molecule has 5 nitrogen and oxygen atoms in total. The molecule has 0 unspecified atom stereocenters. The Hall–Kier alpha value is -1.30. The van der Waals surface area contributed by atoms with Crippen LogP contribution in [0.15, 0.2) is 24.3 Å². The Labute approximate surface area is 156 Å². The summed E-state index contributed by atoms with van der Waals surface area (Å²) in [5.41, 5.74) is 0. The zero-order valence-corrected chi connectivity index (χ0v) is 15.8. The molecule has 0 bridgehead atoms. The summed E-state index contributed by atoms with van der Waals surface area (Å²) < 4.78 is 0. The van der Waals surface area contributed by atoms with Gasteiger partial charge in [-0.1, -0.05) is 50.5 Å². The molecule has 0 aromatic rings. The van der Waals surface area contributed by atoms with Crippen LogP contribution in [0.25, 0.3) is 0 Å². The third-order valence-corrected chi connectivity index (χ3v) is 4.96. The molecule has 0 aromatic carbocycles. The van der Waals surface area contributed by atoms with Crippen molar-refractivity contribution in [2.75, 3.05) is 6.61 Å². The van der Waals surface area contributed by atoms with Gasteiger partial charge in [0, 0.05) is 24.7 Å². The Bertz CT molecular complexity index is 483. The second kappa shape index (κ2) is 13.0. The molecule has 4 atom stereocenters. The minimum atomic E-state index is -0.644. The maximum Gasteiger partial charge on any atom is 0.158 e. The molecule has 1 saturated carbocycles. The van der Waals surface area contributed by atoms with Gasteiger partial charge in [0.15, 0.2) is 5.78 Å². The van der Waals surface area contributed by atoms with Crippen molar-refractivity contribution in [3.63, 3.8) is 0 Å². The van der Waals surface area contributed by atoms with Gasteiger partial charge in [0.05, 0.1) is 12.2 Å². The fourth-order valence-corrected chi connectivity index (χ4v) is 3.34. The van der Waals surface area contributed by atoms with Crippen molar-refractivity contribution in [2.45, 2.75) is 76.9 Å². The van der Waals surface area contributed by atoms with Crippen LogP contribution in [-0.4, -0.2) is 45.7 Å². The molecule has 148 valence electrons. The lowest BCUT2D eigenvalue weighted by atomic mass is 9.90. The standard InChI is InChI=1S/C21H34O5/c1-2-3-6-9-16(23)12-13-19-18(20(25)14-21(19)26)11-8-5-4-7-10-17(24)15-22/h5,8,12-13,16,18-20,22-23,25H,2-4,6-7,9-11,14-15H2,1H3/b8-5-,13-12+/t16-,18+,19+,20-/m0/s1. The number of aliphatic hydroxyl groups is 3. The number of rotatable bonds is 13. The van der Waals surface area contributed by atoms with Crippen LogP contribution in [0.4, 0.5) is 0 Å². The van der Waals surface area contributed by atoms with E-state index in [0.29, 0.717) is 25.7 Å². The van der Waals surface area contributed by atoms with Gasteiger partial charge < -0.3 is 15.3 Å². The van der Waals surface area contributed by atoms with E-state index in [4.69, 9.17) is 5.11 Å². The summed E-state index contributed by atoms with van der Waals surface area (Å²) in [6.07, 6.45) is 12.6. The summed E-state index contributed by atoms with van der Waals surface area (Å²) in [5.74, 6) is -0.622. The van der Waals surface area contributed by atoms with Gasteiger partial charge in [-0.15, -0.1) is 0 Å². The van der Waals surface area contributed by atoms with Gasteiger partial charge in [-0.3, -0.25) is 9.59 Å². The van der Waals surface area contributed by atoms with Crippen LogP contribution in [0.1, 0.15) is 64.7 Å². The highest BCUT2D eigenvalue weighted by atomic mass is 16.3. The maximum absolute atomic E-state index is 12.1. The summed E-state index contributed by atoms with van der Waals surface area (Å²) in [7, 11) is 0. The fourth-order valence-electron chi connectivity index (χ4n) is 3.34. The second-order valence-corrected chi connectivity index (χ2v) is 7.17. The van der Waals surface area contributed by atoms with Gasteiger partial charge in [0.2, 0.25) is 0 Å². The number of aliphatic hydroxyl groups excluding tert-OH is 3. The number of hydrogen-bond donors (Lipinski definition) is 3. The van der Waals surface area contributed by atoms with E-state index in [1.807, 2.05) is 12.2 Å². The predicted octanol–water partition coefficient (Wildman–Crippen LogP) is 2.73. The molecule has 5 heteroatoms. The molecule has 26 heavy (non-hydrogen) atoms. The van der Waals surface area contributed by atoms with Crippen LogP contribution in [0.2, 0.25) is 0 Å². The molecule has 0 radical (unpaired) electrons. The number of allylic oxidation sites excluding steroid dienone is 3. The lowest BCUT2D eigenvalue weighted by Crippen LogP contribution is -2.19. The lowest BCUT2D eigenvalue weighted by Gasteiger charge is -2.17. The monoisotopic (exact) mass is 366 g/mol. The Morgan fingerprint density at radius 2 is 2.04 bits per heavy atom. The van der Waals surface area contributed by atoms with Crippen molar-refractivity contribution in [1.82, 2.24) is 0 Å². The average molecular weight is 366 g/mol. The van der Waals surface area contributed by atoms with E-state index in [0.717, 1.165) is 25.7 Å². The number of carbonyl (C=O) groups is 2. The Kier molecular flexibility index (Phi) is 11.3. The molecule has 3 N–H and O–H groups in total. The summed E-state index contributed by atoms with van der Waals surface area (Å²) in [4.78, 5) is 23.1. The topological polar surface area (TPSA) is 94.8 Å². The van der Waals surface area contributed by atoms with E-state index in [-0.39, 0.29) is 29.8 Å². The van der Waals surface area contributed by atoms with Crippen molar-refractivity contribution in [1.29, 1.82) is 0 Å². The Balaban J connectivity index is 2.46. The Morgan fingerprint density at radius 3 is 2.73 bits per heavy atom. The number of unbranched alkanes of at least 4 members (excludes halogenated alkanes) is 3. The molecule has 1 fully saturated rings. The van der Waals surface area contributed by atoms with E-state index >= 15 is 0 Å². The SMILES string of the molecule is CCCCC[C@H](O)/C=C/[C@H]1C(=O)C[C@H](O)[C@@H]1C/C=C\CCCC(=O)CO. The van der Waals surface area contributed by atoms with Gasteiger partial charge in [0.1, 0.15) is 12.4 Å². The highest BCUT2D eigenvalue weighted by Gasteiger charge is 2.39. The fraction of sp³-hybridized carbons (Fsp3) is 0.714. The van der Waals surface area contributed by atoms with Crippen LogP contribution in [0, 0.1) is 11.8 Å². The van der Waals surface area contributed by atoms with Gasteiger partial charge in [0.25, 0.3) is 0 Å².